The molecule has 1 aliphatic heterocycles. The molecule has 1 heterocycles. The number of carboxylic acid groups (broad SMARTS) is 1. The number of aliphatic carboxylic acids is 1. The van der Waals surface area contributed by atoms with Crippen molar-refractivity contribution < 1.29 is 24.2 Å². The van der Waals surface area contributed by atoms with Crippen LogP contribution in [0.5, 0.6) is 5.75 Å². The van der Waals surface area contributed by atoms with E-state index in [1.165, 1.54) is 0 Å². The van der Waals surface area contributed by atoms with E-state index in [-0.39, 0.29) is 12.5 Å². The maximum absolute atomic E-state index is 12.0. The number of carboxylic acids is 1. The van der Waals surface area contributed by atoms with Crippen LogP contribution < -0.4 is 10.1 Å². The van der Waals surface area contributed by atoms with E-state index in [1.807, 2.05) is 18.2 Å². The van der Waals surface area contributed by atoms with Crippen molar-refractivity contribution in [1.82, 2.24) is 5.32 Å². The first-order valence-electron chi connectivity index (χ1n) is 7.86. The van der Waals surface area contributed by atoms with Crippen LogP contribution in [-0.4, -0.2) is 43.3 Å². The van der Waals surface area contributed by atoms with Crippen molar-refractivity contribution in [2.75, 3.05) is 20.3 Å². The second-order valence-electron chi connectivity index (χ2n) is 5.65. The lowest BCUT2D eigenvalue weighted by Gasteiger charge is -2.22. The number of nitrogens with one attached hydrogen (secondary N) is 1. The molecule has 1 saturated heterocycles. The highest BCUT2D eigenvalue weighted by Crippen LogP contribution is 2.21. The normalized spacial score (nSPS) is 18.9. The van der Waals surface area contributed by atoms with E-state index < -0.39 is 18.0 Å². The number of amides is 1. The van der Waals surface area contributed by atoms with Crippen LogP contribution in [0, 0.1) is 5.92 Å². The lowest BCUT2D eigenvalue weighted by atomic mass is 9.98. The summed E-state index contributed by atoms with van der Waals surface area (Å²) in [6, 6.07) is 7.30. The van der Waals surface area contributed by atoms with E-state index in [1.54, 1.807) is 13.2 Å². The molecule has 0 aliphatic carbocycles. The molecule has 2 rings (SSSR count). The molecular formula is C17H23NO5. The van der Waals surface area contributed by atoms with E-state index in [0.29, 0.717) is 25.2 Å². The second-order valence-corrected chi connectivity index (χ2v) is 5.65. The lowest BCUT2D eigenvalue weighted by Crippen LogP contribution is -2.42. The molecule has 0 radical (unpaired) electrons. The summed E-state index contributed by atoms with van der Waals surface area (Å²) in [4.78, 5) is 23.5. The van der Waals surface area contributed by atoms with Crippen molar-refractivity contribution in [3.8, 4) is 5.75 Å². The van der Waals surface area contributed by atoms with Crippen molar-refractivity contribution in [2.45, 2.75) is 31.8 Å². The molecule has 2 N–H and O–H groups in total. The summed E-state index contributed by atoms with van der Waals surface area (Å²) in [7, 11) is 1.55. The van der Waals surface area contributed by atoms with Crippen LogP contribution in [0.2, 0.25) is 0 Å². The first-order chi connectivity index (χ1) is 11.1. The smallest absolute Gasteiger partial charge is 0.308 e. The molecular weight excluding hydrogens is 298 g/mol. The number of methoxy groups -OCH3 is 1. The van der Waals surface area contributed by atoms with Gasteiger partial charge in [0.15, 0.2) is 0 Å². The van der Waals surface area contributed by atoms with E-state index >= 15 is 0 Å². The molecule has 0 aromatic heterocycles. The molecule has 6 nitrogen and oxygen atoms in total. The first kappa shape index (κ1) is 17.3. The zero-order chi connectivity index (χ0) is 16.7. The highest BCUT2D eigenvalue weighted by Gasteiger charge is 2.25. The van der Waals surface area contributed by atoms with Crippen molar-refractivity contribution in [3.05, 3.63) is 29.8 Å². The van der Waals surface area contributed by atoms with Crippen LogP contribution in [0.15, 0.2) is 24.3 Å². The summed E-state index contributed by atoms with van der Waals surface area (Å²) in [5, 5.41) is 12.1. The molecule has 0 spiro atoms. The van der Waals surface area contributed by atoms with Crippen LogP contribution in [-0.2, 0) is 20.7 Å². The third-order valence-electron chi connectivity index (χ3n) is 4.00. The number of carbonyl (C=O) groups excluding carboxylic acids is 1. The topological polar surface area (TPSA) is 84.9 Å². The average Bonchev–Trinajstić information content (AvgIpc) is 2.59. The standard InChI is InChI=1S/C17H23NO5/c1-22-14-7-3-2-6-12(14)10-13(17(20)21)11-18-16(19)15-8-4-5-9-23-15/h2-3,6-7,13,15H,4-5,8-11H2,1H3,(H,18,19)(H,20,21). The molecule has 0 saturated carbocycles. The van der Waals surface area contributed by atoms with Gasteiger partial charge in [0.05, 0.1) is 13.0 Å². The Balaban J connectivity index is 1.93. The van der Waals surface area contributed by atoms with Gasteiger partial charge in [-0.25, -0.2) is 0 Å². The number of hydrogen-bond acceptors (Lipinski definition) is 4. The summed E-state index contributed by atoms with van der Waals surface area (Å²) in [5.41, 5.74) is 0.811. The summed E-state index contributed by atoms with van der Waals surface area (Å²) in [6.07, 6.45) is 2.46. The molecule has 23 heavy (non-hydrogen) atoms. The van der Waals surface area contributed by atoms with Gasteiger partial charge in [0.2, 0.25) is 5.91 Å². The van der Waals surface area contributed by atoms with Crippen LogP contribution >= 0.6 is 0 Å². The zero-order valence-corrected chi connectivity index (χ0v) is 13.3. The van der Waals surface area contributed by atoms with Crippen molar-refractivity contribution >= 4 is 11.9 Å². The predicted molar refractivity (Wildman–Crippen MR) is 84.4 cm³/mol. The SMILES string of the molecule is COc1ccccc1CC(CNC(=O)C1CCCCO1)C(=O)O. The number of benzene rings is 1. The Bertz CT molecular complexity index is 540. The maximum Gasteiger partial charge on any atom is 0.308 e. The molecule has 0 bridgehead atoms. The molecule has 6 heteroatoms. The fraction of sp³-hybridized carbons (Fsp3) is 0.529. The highest BCUT2D eigenvalue weighted by molar-refractivity contribution is 5.81. The van der Waals surface area contributed by atoms with Crippen LogP contribution in [0.4, 0.5) is 0 Å². The third-order valence-corrected chi connectivity index (χ3v) is 4.00. The summed E-state index contributed by atoms with van der Waals surface area (Å²) >= 11 is 0. The van der Waals surface area contributed by atoms with Crippen LogP contribution in [0.25, 0.3) is 0 Å². The number of para-hydroxylation sites is 1. The summed E-state index contributed by atoms with van der Waals surface area (Å²) in [5.74, 6) is -1.23. The number of hydrogen-bond donors (Lipinski definition) is 2. The Morgan fingerprint density at radius 2 is 2.17 bits per heavy atom. The molecule has 1 fully saturated rings. The third kappa shape index (κ3) is 4.96. The molecule has 2 unspecified atom stereocenters. The van der Waals surface area contributed by atoms with Gasteiger partial charge in [0.1, 0.15) is 11.9 Å². The minimum atomic E-state index is -0.944. The van der Waals surface area contributed by atoms with Crippen LogP contribution in [0.3, 0.4) is 0 Å². The second kappa shape index (κ2) is 8.53. The lowest BCUT2D eigenvalue weighted by molar-refractivity contribution is -0.142. The first-order valence-corrected chi connectivity index (χ1v) is 7.86. The Hall–Kier alpha value is -2.08. The Morgan fingerprint density at radius 1 is 1.39 bits per heavy atom. The van der Waals surface area contributed by atoms with Gasteiger partial charge < -0.3 is 19.9 Å². The highest BCUT2D eigenvalue weighted by atomic mass is 16.5. The van der Waals surface area contributed by atoms with Crippen molar-refractivity contribution in [1.29, 1.82) is 0 Å². The minimum Gasteiger partial charge on any atom is -0.496 e. The van der Waals surface area contributed by atoms with Gasteiger partial charge in [-0.15, -0.1) is 0 Å². The Kier molecular flexibility index (Phi) is 6.40. The Labute approximate surface area is 135 Å². The van der Waals surface area contributed by atoms with Gasteiger partial charge >= 0.3 is 5.97 Å². The molecule has 2 atom stereocenters. The van der Waals surface area contributed by atoms with Crippen molar-refractivity contribution in [3.63, 3.8) is 0 Å². The number of rotatable bonds is 7. The van der Waals surface area contributed by atoms with E-state index in [0.717, 1.165) is 18.4 Å². The average molecular weight is 321 g/mol. The maximum atomic E-state index is 12.0. The van der Waals surface area contributed by atoms with E-state index in [4.69, 9.17) is 9.47 Å². The fourth-order valence-corrected chi connectivity index (χ4v) is 2.67. The molecule has 1 amide bonds. The fourth-order valence-electron chi connectivity index (χ4n) is 2.67. The van der Waals surface area contributed by atoms with Gasteiger partial charge in [0, 0.05) is 13.2 Å². The molecule has 1 aromatic carbocycles. The van der Waals surface area contributed by atoms with Gasteiger partial charge in [-0.3, -0.25) is 9.59 Å². The van der Waals surface area contributed by atoms with Crippen LogP contribution in [0.1, 0.15) is 24.8 Å². The van der Waals surface area contributed by atoms with Gasteiger partial charge in [-0.05, 0) is 37.3 Å². The summed E-state index contributed by atoms with van der Waals surface area (Å²) < 4.78 is 10.7. The quantitative estimate of drug-likeness (QED) is 0.797. The number of ether oxygens (including phenoxy) is 2. The Morgan fingerprint density at radius 3 is 2.83 bits per heavy atom. The van der Waals surface area contributed by atoms with E-state index in [2.05, 4.69) is 5.32 Å². The van der Waals surface area contributed by atoms with Gasteiger partial charge in [0.25, 0.3) is 0 Å². The zero-order valence-electron chi connectivity index (χ0n) is 13.3. The van der Waals surface area contributed by atoms with Gasteiger partial charge in [-0.1, -0.05) is 18.2 Å². The number of carbonyl (C=O) groups is 2. The molecule has 1 aliphatic rings. The monoisotopic (exact) mass is 321 g/mol. The molecule has 126 valence electrons. The summed E-state index contributed by atoms with van der Waals surface area (Å²) in [6.45, 7) is 0.660. The molecule has 1 aromatic rings. The van der Waals surface area contributed by atoms with Crippen molar-refractivity contribution in [2.24, 2.45) is 5.92 Å². The predicted octanol–water partition coefficient (Wildman–Crippen LogP) is 1.62. The van der Waals surface area contributed by atoms with Gasteiger partial charge in [-0.2, -0.15) is 0 Å². The minimum absolute atomic E-state index is 0.0755. The largest absolute Gasteiger partial charge is 0.496 e. The van der Waals surface area contributed by atoms with E-state index in [9.17, 15) is 14.7 Å².